The predicted molar refractivity (Wildman–Crippen MR) is 66.6 cm³/mol. The molecule has 0 radical (unpaired) electrons. The quantitative estimate of drug-likeness (QED) is 0.691. The molecule has 1 N–H and O–H groups in total. The Kier molecular flexibility index (Phi) is 2.14. The Hall–Kier alpha value is -2.23. The molecule has 0 spiro atoms. The SMILES string of the molecule is Cc1cccc(-c2nc3nccc(C)c3[nH]2)n1. The largest absolute Gasteiger partial charge is 0.335 e. The second-order valence-electron chi connectivity index (χ2n) is 4.08. The third-order valence-corrected chi connectivity index (χ3v) is 2.73. The molecule has 0 amide bonds. The third-order valence-electron chi connectivity index (χ3n) is 2.73. The first-order valence-electron chi connectivity index (χ1n) is 5.49. The summed E-state index contributed by atoms with van der Waals surface area (Å²) in [7, 11) is 0. The Morgan fingerprint density at radius 3 is 2.71 bits per heavy atom. The van der Waals surface area contributed by atoms with Crippen molar-refractivity contribution in [2.24, 2.45) is 0 Å². The minimum absolute atomic E-state index is 0.739. The number of nitrogens with zero attached hydrogens (tertiary/aromatic N) is 3. The second-order valence-corrected chi connectivity index (χ2v) is 4.08. The highest BCUT2D eigenvalue weighted by Gasteiger charge is 2.08. The van der Waals surface area contributed by atoms with Gasteiger partial charge in [0.2, 0.25) is 0 Å². The van der Waals surface area contributed by atoms with Crippen molar-refractivity contribution in [2.75, 3.05) is 0 Å². The third kappa shape index (κ3) is 1.67. The zero-order valence-corrected chi connectivity index (χ0v) is 9.73. The van der Waals surface area contributed by atoms with Crippen molar-refractivity contribution in [3.8, 4) is 11.5 Å². The number of hydrogen-bond donors (Lipinski definition) is 1. The van der Waals surface area contributed by atoms with E-state index in [-0.39, 0.29) is 0 Å². The first-order valence-corrected chi connectivity index (χ1v) is 5.49. The van der Waals surface area contributed by atoms with Crippen LogP contribution in [0.5, 0.6) is 0 Å². The highest BCUT2D eigenvalue weighted by Crippen LogP contribution is 2.19. The van der Waals surface area contributed by atoms with Crippen molar-refractivity contribution in [1.82, 2.24) is 19.9 Å². The Labute approximate surface area is 98.8 Å². The van der Waals surface area contributed by atoms with Gasteiger partial charge < -0.3 is 4.98 Å². The summed E-state index contributed by atoms with van der Waals surface area (Å²) in [6, 6.07) is 7.86. The number of hydrogen-bond acceptors (Lipinski definition) is 3. The first kappa shape index (κ1) is 9.96. The van der Waals surface area contributed by atoms with Crippen molar-refractivity contribution < 1.29 is 0 Å². The number of pyridine rings is 2. The molecular formula is C13H12N4. The molecule has 0 aromatic carbocycles. The summed E-state index contributed by atoms with van der Waals surface area (Å²) in [5, 5.41) is 0. The smallest absolute Gasteiger partial charge is 0.178 e. The lowest BCUT2D eigenvalue weighted by atomic mass is 10.3. The summed E-state index contributed by atoms with van der Waals surface area (Å²) in [4.78, 5) is 16.4. The van der Waals surface area contributed by atoms with Crippen molar-refractivity contribution in [1.29, 1.82) is 0 Å². The first-order chi connectivity index (χ1) is 8.24. The van der Waals surface area contributed by atoms with E-state index in [0.29, 0.717) is 0 Å². The zero-order chi connectivity index (χ0) is 11.8. The van der Waals surface area contributed by atoms with Crippen LogP contribution in [0.1, 0.15) is 11.3 Å². The van der Waals surface area contributed by atoms with Gasteiger partial charge in [0.15, 0.2) is 11.5 Å². The molecule has 0 saturated carbocycles. The summed E-state index contributed by atoms with van der Waals surface area (Å²) in [6.45, 7) is 4.01. The van der Waals surface area contributed by atoms with Crippen LogP contribution in [-0.2, 0) is 0 Å². The monoisotopic (exact) mass is 224 g/mol. The maximum absolute atomic E-state index is 4.46. The lowest BCUT2D eigenvalue weighted by Crippen LogP contribution is -1.87. The summed E-state index contributed by atoms with van der Waals surface area (Å²) >= 11 is 0. The molecule has 4 heteroatoms. The minimum Gasteiger partial charge on any atom is -0.335 e. The molecule has 3 aromatic heterocycles. The Balaban J connectivity index is 2.22. The van der Waals surface area contributed by atoms with Gasteiger partial charge in [0.25, 0.3) is 0 Å². The van der Waals surface area contributed by atoms with Crippen LogP contribution in [0.4, 0.5) is 0 Å². The summed E-state index contributed by atoms with van der Waals surface area (Å²) in [6.07, 6.45) is 1.77. The number of imidazole rings is 1. The maximum atomic E-state index is 4.46. The van der Waals surface area contributed by atoms with Crippen LogP contribution in [-0.4, -0.2) is 19.9 Å². The molecule has 0 unspecified atom stereocenters. The standard InChI is InChI=1S/C13H12N4/c1-8-6-7-14-13-11(8)16-12(17-13)10-5-3-4-9(2)15-10/h3-7H,1-2H3,(H,14,16,17). The molecule has 84 valence electrons. The van der Waals surface area contributed by atoms with E-state index in [1.807, 2.05) is 38.1 Å². The zero-order valence-electron chi connectivity index (χ0n) is 9.73. The number of rotatable bonds is 1. The van der Waals surface area contributed by atoms with Gasteiger partial charge in [-0.05, 0) is 37.6 Å². The molecule has 0 saturated heterocycles. The number of aromatic amines is 1. The topological polar surface area (TPSA) is 54.5 Å². The summed E-state index contributed by atoms with van der Waals surface area (Å²) in [5.74, 6) is 0.769. The molecule has 4 nitrogen and oxygen atoms in total. The molecular weight excluding hydrogens is 212 g/mol. The van der Waals surface area contributed by atoms with Gasteiger partial charge in [-0.3, -0.25) is 0 Å². The minimum atomic E-state index is 0.739. The molecule has 3 heterocycles. The Bertz CT molecular complexity index is 685. The molecule has 0 aliphatic carbocycles. The van der Waals surface area contributed by atoms with Crippen molar-refractivity contribution >= 4 is 11.2 Å². The van der Waals surface area contributed by atoms with Gasteiger partial charge in [-0.15, -0.1) is 0 Å². The fourth-order valence-corrected chi connectivity index (χ4v) is 1.83. The summed E-state index contributed by atoms with van der Waals surface area (Å²) < 4.78 is 0. The van der Waals surface area contributed by atoms with E-state index < -0.39 is 0 Å². The average molecular weight is 224 g/mol. The Morgan fingerprint density at radius 2 is 1.94 bits per heavy atom. The average Bonchev–Trinajstić information content (AvgIpc) is 2.74. The molecule has 0 fully saturated rings. The lowest BCUT2D eigenvalue weighted by molar-refractivity contribution is 1.16. The van der Waals surface area contributed by atoms with Gasteiger partial charge in [0.1, 0.15) is 5.69 Å². The normalized spacial score (nSPS) is 10.9. The Morgan fingerprint density at radius 1 is 1.06 bits per heavy atom. The highest BCUT2D eigenvalue weighted by molar-refractivity contribution is 5.77. The summed E-state index contributed by atoms with van der Waals surface area (Å²) in [5.41, 5.74) is 4.69. The maximum Gasteiger partial charge on any atom is 0.178 e. The second kappa shape index (κ2) is 3.66. The number of H-pyrrole nitrogens is 1. The molecule has 0 bridgehead atoms. The number of aromatic nitrogens is 4. The highest BCUT2D eigenvalue weighted by atomic mass is 15.0. The number of nitrogens with one attached hydrogen (secondary N) is 1. The van der Waals surface area contributed by atoms with E-state index >= 15 is 0 Å². The van der Waals surface area contributed by atoms with Gasteiger partial charge in [-0.1, -0.05) is 6.07 Å². The van der Waals surface area contributed by atoms with Crippen LogP contribution < -0.4 is 0 Å². The van der Waals surface area contributed by atoms with E-state index in [1.165, 1.54) is 0 Å². The van der Waals surface area contributed by atoms with Crippen LogP contribution >= 0.6 is 0 Å². The molecule has 3 rings (SSSR count). The lowest BCUT2D eigenvalue weighted by Gasteiger charge is -1.96. The van der Waals surface area contributed by atoms with E-state index in [4.69, 9.17) is 0 Å². The molecule has 0 atom stereocenters. The van der Waals surface area contributed by atoms with Gasteiger partial charge in [-0.2, -0.15) is 0 Å². The van der Waals surface area contributed by atoms with Gasteiger partial charge in [0.05, 0.1) is 5.52 Å². The van der Waals surface area contributed by atoms with Gasteiger partial charge >= 0.3 is 0 Å². The molecule has 3 aromatic rings. The van der Waals surface area contributed by atoms with E-state index in [1.54, 1.807) is 6.20 Å². The number of aryl methyl sites for hydroxylation is 2. The van der Waals surface area contributed by atoms with Gasteiger partial charge in [-0.25, -0.2) is 15.0 Å². The van der Waals surface area contributed by atoms with Crippen LogP contribution in [0.3, 0.4) is 0 Å². The van der Waals surface area contributed by atoms with Gasteiger partial charge in [0, 0.05) is 11.9 Å². The fraction of sp³-hybridized carbons (Fsp3) is 0.154. The van der Waals surface area contributed by atoms with Crippen LogP contribution in [0, 0.1) is 13.8 Å². The predicted octanol–water partition coefficient (Wildman–Crippen LogP) is 2.64. The fourth-order valence-electron chi connectivity index (χ4n) is 1.83. The van der Waals surface area contributed by atoms with E-state index in [2.05, 4.69) is 19.9 Å². The van der Waals surface area contributed by atoms with Crippen LogP contribution in [0.25, 0.3) is 22.7 Å². The van der Waals surface area contributed by atoms with Crippen LogP contribution in [0.2, 0.25) is 0 Å². The molecule has 0 aliphatic heterocycles. The van der Waals surface area contributed by atoms with Crippen molar-refractivity contribution in [3.63, 3.8) is 0 Å². The molecule has 17 heavy (non-hydrogen) atoms. The van der Waals surface area contributed by atoms with E-state index in [0.717, 1.165) is 33.9 Å². The van der Waals surface area contributed by atoms with E-state index in [9.17, 15) is 0 Å². The number of fused-ring (bicyclic) bond motifs is 1. The van der Waals surface area contributed by atoms with Crippen LogP contribution in [0.15, 0.2) is 30.5 Å². The van der Waals surface area contributed by atoms with Crippen molar-refractivity contribution in [2.45, 2.75) is 13.8 Å². The molecule has 0 aliphatic rings. The van der Waals surface area contributed by atoms with Crippen molar-refractivity contribution in [3.05, 3.63) is 41.7 Å².